The summed E-state index contributed by atoms with van der Waals surface area (Å²) in [5, 5.41) is 0.0839. The number of benzene rings is 2. The van der Waals surface area contributed by atoms with Crippen LogP contribution in [0.1, 0.15) is 5.76 Å². The molecule has 3 aromatic rings. The fourth-order valence-electron chi connectivity index (χ4n) is 2.83. The molecule has 0 atom stereocenters. The maximum Gasteiger partial charge on any atom is 0.293 e. The maximum atomic E-state index is 13.1. The molecule has 1 aliphatic heterocycles. The Bertz CT molecular complexity index is 1130. The van der Waals surface area contributed by atoms with E-state index in [0.29, 0.717) is 27.9 Å². The van der Waals surface area contributed by atoms with E-state index in [2.05, 4.69) is 0 Å². The van der Waals surface area contributed by atoms with Gasteiger partial charge in [0, 0.05) is 11.6 Å². The van der Waals surface area contributed by atoms with E-state index in [1.807, 2.05) is 0 Å². The average Bonchev–Trinajstić information content (AvgIpc) is 3.30. The molecule has 1 aliphatic rings. The van der Waals surface area contributed by atoms with Crippen molar-refractivity contribution in [1.29, 1.82) is 0 Å². The number of furan rings is 1. The first-order valence-electron chi connectivity index (χ1n) is 9.00. The first-order chi connectivity index (χ1) is 14.5. The lowest BCUT2D eigenvalue weighted by atomic mass is 10.2. The number of carbonyl (C=O) groups excluding carboxylic acids is 2. The standard InChI is InChI=1S/C22H15ClFNO4S/c23-17-3-1-2-4-19(17)28-12-11-25-21(26)20(30-22(25)27)13-16-9-10-18(29-16)14-5-7-15(24)8-6-14/h1-10,13H,11-12H2/b20-13-. The van der Waals surface area contributed by atoms with E-state index in [0.717, 1.165) is 16.7 Å². The molecule has 4 rings (SSSR count). The van der Waals surface area contributed by atoms with E-state index in [1.54, 1.807) is 48.5 Å². The number of halogens is 2. The number of hydrogen-bond acceptors (Lipinski definition) is 5. The van der Waals surface area contributed by atoms with Gasteiger partial charge in [-0.1, -0.05) is 23.7 Å². The highest BCUT2D eigenvalue weighted by Crippen LogP contribution is 2.33. The highest BCUT2D eigenvalue weighted by molar-refractivity contribution is 8.18. The Morgan fingerprint density at radius 1 is 1.07 bits per heavy atom. The number of rotatable bonds is 6. The van der Waals surface area contributed by atoms with Crippen LogP contribution in [0.5, 0.6) is 5.75 Å². The number of amides is 2. The molecule has 2 aromatic carbocycles. The second kappa shape index (κ2) is 8.77. The Kier molecular flexibility index (Phi) is 5.92. The third kappa shape index (κ3) is 4.42. The fraction of sp³-hybridized carbons (Fsp3) is 0.0909. The van der Waals surface area contributed by atoms with Crippen molar-refractivity contribution in [3.8, 4) is 17.1 Å². The summed E-state index contributed by atoms with van der Waals surface area (Å²) in [6, 6.07) is 16.3. The molecule has 0 aliphatic carbocycles. The van der Waals surface area contributed by atoms with Gasteiger partial charge >= 0.3 is 0 Å². The fourth-order valence-corrected chi connectivity index (χ4v) is 3.87. The van der Waals surface area contributed by atoms with Crippen LogP contribution in [0.2, 0.25) is 5.02 Å². The summed E-state index contributed by atoms with van der Waals surface area (Å²) in [5.41, 5.74) is 0.709. The molecular weight excluding hydrogens is 429 g/mol. The molecule has 0 saturated carbocycles. The van der Waals surface area contributed by atoms with Gasteiger partial charge in [0.15, 0.2) is 0 Å². The van der Waals surface area contributed by atoms with Crippen molar-refractivity contribution in [2.45, 2.75) is 0 Å². The summed E-state index contributed by atoms with van der Waals surface area (Å²) < 4.78 is 24.3. The molecule has 0 unspecified atom stereocenters. The molecule has 8 heteroatoms. The lowest BCUT2D eigenvalue weighted by Crippen LogP contribution is -2.32. The predicted octanol–water partition coefficient (Wildman–Crippen LogP) is 5.85. The van der Waals surface area contributed by atoms with Crippen molar-refractivity contribution in [3.63, 3.8) is 0 Å². The highest BCUT2D eigenvalue weighted by Gasteiger charge is 2.35. The predicted molar refractivity (Wildman–Crippen MR) is 114 cm³/mol. The summed E-state index contributed by atoms with van der Waals surface area (Å²) in [6.45, 7) is 0.233. The Hall–Kier alpha value is -3.03. The minimum atomic E-state index is -0.410. The second-order valence-corrected chi connectivity index (χ2v) is 7.72. The summed E-state index contributed by atoms with van der Waals surface area (Å²) in [7, 11) is 0. The number of carbonyl (C=O) groups is 2. The third-order valence-corrected chi connectivity index (χ3v) is 5.53. The van der Waals surface area contributed by atoms with Gasteiger partial charge in [0.2, 0.25) is 0 Å². The molecule has 1 saturated heterocycles. The maximum absolute atomic E-state index is 13.1. The van der Waals surface area contributed by atoms with Crippen LogP contribution < -0.4 is 4.74 Å². The van der Waals surface area contributed by atoms with Crippen molar-refractivity contribution in [2.75, 3.05) is 13.2 Å². The molecule has 0 bridgehead atoms. The molecule has 30 heavy (non-hydrogen) atoms. The zero-order chi connectivity index (χ0) is 21.1. The average molecular weight is 444 g/mol. The molecule has 2 heterocycles. The molecule has 5 nitrogen and oxygen atoms in total. The van der Waals surface area contributed by atoms with Gasteiger partial charge in [0.25, 0.3) is 11.1 Å². The molecule has 2 amide bonds. The minimum absolute atomic E-state index is 0.103. The number of thioether (sulfide) groups is 1. The van der Waals surface area contributed by atoms with Crippen LogP contribution in [0.25, 0.3) is 17.4 Å². The van der Waals surface area contributed by atoms with Crippen molar-refractivity contribution < 1.29 is 23.1 Å². The van der Waals surface area contributed by atoms with Crippen LogP contribution in [0.15, 0.2) is 70.0 Å². The molecular formula is C22H15ClFNO4S. The Balaban J connectivity index is 1.41. The van der Waals surface area contributed by atoms with Gasteiger partial charge in [-0.25, -0.2) is 4.39 Å². The molecule has 0 spiro atoms. The van der Waals surface area contributed by atoms with Crippen LogP contribution in [-0.4, -0.2) is 29.2 Å². The topological polar surface area (TPSA) is 59.8 Å². The van der Waals surface area contributed by atoms with Gasteiger partial charge in [-0.3, -0.25) is 14.5 Å². The zero-order valence-corrected chi connectivity index (χ0v) is 17.1. The lowest BCUT2D eigenvalue weighted by molar-refractivity contribution is -0.123. The molecule has 152 valence electrons. The molecule has 0 N–H and O–H groups in total. The number of ether oxygens (including phenoxy) is 1. The van der Waals surface area contributed by atoms with E-state index < -0.39 is 5.91 Å². The van der Waals surface area contributed by atoms with Gasteiger partial charge in [0.05, 0.1) is 16.5 Å². The molecule has 1 aromatic heterocycles. The minimum Gasteiger partial charge on any atom is -0.490 e. The zero-order valence-electron chi connectivity index (χ0n) is 15.5. The normalized spacial score (nSPS) is 15.3. The third-order valence-electron chi connectivity index (χ3n) is 4.31. The van der Waals surface area contributed by atoms with Gasteiger partial charge in [-0.2, -0.15) is 0 Å². The number of nitrogens with zero attached hydrogens (tertiary/aromatic N) is 1. The van der Waals surface area contributed by atoms with E-state index >= 15 is 0 Å². The Labute approximate surface area is 181 Å². The summed E-state index contributed by atoms with van der Waals surface area (Å²) in [5.74, 6) is 0.705. The number of imide groups is 1. The molecule has 0 radical (unpaired) electrons. The van der Waals surface area contributed by atoms with E-state index in [1.165, 1.54) is 18.2 Å². The van der Waals surface area contributed by atoms with E-state index in [9.17, 15) is 14.0 Å². The summed E-state index contributed by atoms with van der Waals surface area (Å²) in [4.78, 5) is 26.2. The van der Waals surface area contributed by atoms with Crippen LogP contribution in [0.3, 0.4) is 0 Å². The first-order valence-corrected chi connectivity index (χ1v) is 10.2. The Morgan fingerprint density at radius 3 is 2.60 bits per heavy atom. The van der Waals surface area contributed by atoms with Crippen molar-refractivity contribution in [1.82, 2.24) is 4.90 Å². The highest BCUT2D eigenvalue weighted by atomic mass is 35.5. The Morgan fingerprint density at radius 2 is 1.83 bits per heavy atom. The van der Waals surface area contributed by atoms with Gasteiger partial charge < -0.3 is 9.15 Å². The summed E-state index contributed by atoms with van der Waals surface area (Å²) >= 11 is 6.87. The number of para-hydroxylation sites is 1. The van der Waals surface area contributed by atoms with Gasteiger partial charge in [0.1, 0.15) is 29.7 Å². The van der Waals surface area contributed by atoms with Crippen LogP contribution in [-0.2, 0) is 4.79 Å². The van der Waals surface area contributed by atoms with Crippen molar-refractivity contribution in [2.24, 2.45) is 0 Å². The van der Waals surface area contributed by atoms with Gasteiger partial charge in [-0.15, -0.1) is 0 Å². The smallest absolute Gasteiger partial charge is 0.293 e. The summed E-state index contributed by atoms with van der Waals surface area (Å²) in [6.07, 6.45) is 1.52. The first kappa shape index (κ1) is 20.3. The van der Waals surface area contributed by atoms with Gasteiger partial charge in [-0.05, 0) is 60.3 Å². The SMILES string of the molecule is O=C1S/C(=C\c2ccc(-c3ccc(F)cc3)o2)C(=O)N1CCOc1ccccc1Cl. The van der Waals surface area contributed by atoms with Crippen molar-refractivity contribution in [3.05, 3.63) is 82.2 Å². The largest absolute Gasteiger partial charge is 0.490 e. The van der Waals surface area contributed by atoms with Crippen LogP contribution >= 0.6 is 23.4 Å². The van der Waals surface area contributed by atoms with E-state index in [4.69, 9.17) is 20.8 Å². The lowest BCUT2D eigenvalue weighted by Gasteiger charge is -2.13. The quantitative estimate of drug-likeness (QED) is 0.447. The molecule has 1 fully saturated rings. The monoisotopic (exact) mass is 443 g/mol. The van der Waals surface area contributed by atoms with Crippen molar-refractivity contribution >= 4 is 40.6 Å². The second-order valence-electron chi connectivity index (χ2n) is 6.32. The van der Waals surface area contributed by atoms with Crippen LogP contribution in [0, 0.1) is 5.82 Å². The number of hydrogen-bond donors (Lipinski definition) is 0. The van der Waals surface area contributed by atoms with Crippen LogP contribution in [0.4, 0.5) is 9.18 Å². The van der Waals surface area contributed by atoms with E-state index in [-0.39, 0.29) is 29.1 Å².